The van der Waals surface area contributed by atoms with E-state index < -0.39 is 0 Å². The van der Waals surface area contributed by atoms with E-state index in [1.54, 1.807) is 14.2 Å². The SMILES string of the molecule is CCCNC(CCC(C)C)c1cc(OC)c(OC)cc1Br. The first kappa shape index (κ1) is 18.3. The number of nitrogens with one attached hydrogen (secondary N) is 1. The molecule has 0 aliphatic heterocycles. The first-order chi connectivity index (χ1) is 10.0. The predicted octanol–water partition coefficient (Wildman–Crippen LogP) is 4.94. The lowest BCUT2D eigenvalue weighted by molar-refractivity contribution is 0.352. The monoisotopic (exact) mass is 357 g/mol. The van der Waals surface area contributed by atoms with Crippen molar-refractivity contribution in [2.75, 3.05) is 20.8 Å². The molecule has 0 amide bonds. The Hall–Kier alpha value is -0.740. The molecule has 0 saturated heterocycles. The normalized spacial score (nSPS) is 12.5. The summed E-state index contributed by atoms with van der Waals surface area (Å²) in [4.78, 5) is 0. The topological polar surface area (TPSA) is 30.5 Å². The molecule has 1 atom stereocenters. The van der Waals surface area contributed by atoms with Gasteiger partial charge in [-0.3, -0.25) is 0 Å². The fourth-order valence-corrected chi connectivity index (χ4v) is 2.92. The van der Waals surface area contributed by atoms with Crippen molar-refractivity contribution in [3.63, 3.8) is 0 Å². The fourth-order valence-electron chi connectivity index (χ4n) is 2.32. The maximum atomic E-state index is 5.44. The molecule has 120 valence electrons. The lowest BCUT2D eigenvalue weighted by Crippen LogP contribution is -2.23. The van der Waals surface area contributed by atoms with Crippen LogP contribution in [0.4, 0.5) is 0 Å². The summed E-state index contributed by atoms with van der Waals surface area (Å²) in [6.45, 7) is 7.74. The highest BCUT2D eigenvalue weighted by Gasteiger charge is 2.18. The minimum atomic E-state index is 0.335. The Bertz CT molecular complexity index is 435. The van der Waals surface area contributed by atoms with Crippen LogP contribution in [-0.4, -0.2) is 20.8 Å². The summed E-state index contributed by atoms with van der Waals surface area (Å²) in [7, 11) is 3.34. The summed E-state index contributed by atoms with van der Waals surface area (Å²) in [6, 6.07) is 4.40. The van der Waals surface area contributed by atoms with E-state index in [1.807, 2.05) is 6.07 Å². The largest absolute Gasteiger partial charge is 0.493 e. The molecule has 0 bridgehead atoms. The van der Waals surface area contributed by atoms with Crippen molar-refractivity contribution in [1.29, 1.82) is 0 Å². The summed E-state index contributed by atoms with van der Waals surface area (Å²) < 4.78 is 11.9. The maximum Gasteiger partial charge on any atom is 0.161 e. The van der Waals surface area contributed by atoms with Crippen LogP contribution in [0, 0.1) is 5.92 Å². The van der Waals surface area contributed by atoms with Crippen molar-refractivity contribution in [3.8, 4) is 11.5 Å². The third-order valence-corrected chi connectivity index (χ3v) is 4.24. The molecule has 4 heteroatoms. The highest BCUT2D eigenvalue weighted by Crippen LogP contribution is 2.37. The second-order valence-corrected chi connectivity index (χ2v) is 6.56. The molecule has 0 spiro atoms. The van der Waals surface area contributed by atoms with Gasteiger partial charge in [0.2, 0.25) is 0 Å². The Kier molecular flexibility index (Phi) is 8.12. The molecule has 1 rings (SSSR count). The Labute approximate surface area is 137 Å². The van der Waals surface area contributed by atoms with E-state index in [0.29, 0.717) is 12.0 Å². The van der Waals surface area contributed by atoms with Crippen LogP contribution in [0.2, 0.25) is 0 Å². The lowest BCUT2D eigenvalue weighted by Gasteiger charge is -2.22. The first-order valence-electron chi connectivity index (χ1n) is 7.68. The zero-order valence-corrected chi connectivity index (χ0v) is 15.4. The summed E-state index contributed by atoms with van der Waals surface area (Å²) in [5.41, 5.74) is 1.24. The molecular weight excluding hydrogens is 330 g/mol. The fraction of sp³-hybridized carbons (Fsp3) is 0.647. The number of hydrogen-bond acceptors (Lipinski definition) is 3. The molecule has 1 N–H and O–H groups in total. The van der Waals surface area contributed by atoms with Crippen LogP contribution in [0.3, 0.4) is 0 Å². The predicted molar refractivity (Wildman–Crippen MR) is 92.4 cm³/mol. The number of methoxy groups -OCH3 is 2. The van der Waals surface area contributed by atoms with Gasteiger partial charge >= 0.3 is 0 Å². The molecule has 0 heterocycles. The average Bonchev–Trinajstić information content (AvgIpc) is 2.47. The number of benzene rings is 1. The number of hydrogen-bond donors (Lipinski definition) is 1. The number of rotatable bonds is 9. The van der Waals surface area contributed by atoms with Crippen LogP contribution < -0.4 is 14.8 Å². The van der Waals surface area contributed by atoms with Crippen molar-refractivity contribution >= 4 is 15.9 Å². The van der Waals surface area contributed by atoms with Gasteiger partial charge in [0.15, 0.2) is 11.5 Å². The molecule has 0 fully saturated rings. The van der Waals surface area contributed by atoms with Crippen LogP contribution in [0.15, 0.2) is 16.6 Å². The third kappa shape index (κ3) is 5.51. The van der Waals surface area contributed by atoms with Crippen LogP contribution in [-0.2, 0) is 0 Å². The third-order valence-electron chi connectivity index (χ3n) is 3.55. The molecule has 0 aliphatic carbocycles. The van der Waals surface area contributed by atoms with Gasteiger partial charge in [-0.25, -0.2) is 0 Å². The van der Waals surface area contributed by atoms with Crippen molar-refractivity contribution < 1.29 is 9.47 Å². The zero-order chi connectivity index (χ0) is 15.8. The summed E-state index contributed by atoms with van der Waals surface area (Å²) in [6.07, 6.45) is 3.44. The van der Waals surface area contributed by atoms with Gasteiger partial charge in [-0.2, -0.15) is 0 Å². The second kappa shape index (κ2) is 9.31. The van der Waals surface area contributed by atoms with E-state index in [9.17, 15) is 0 Å². The smallest absolute Gasteiger partial charge is 0.161 e. The van der Waals surface area contributed by atoms with Gasteiger partial charge in [-0.1, -0.05) is 36.7 Å². The summed E-state index contributed by atoms with van der Waals surface area (Å²) >= 11 is 3.68. The van der Waals surface area contributed by atoms with Crippen molar-refractivity contribution in [1.82, 2.24) is 5.32 Å². The molecule has 0 aromatic heterocycles. The second-order valence-electron chi connectivity index (χ2n) is 5.71. The molecular formula is C17H28BrNO2. The van der Waals surface area contributed by atoms with E-state index in [0.717, 1.165) is 35.4 Å². The Morgan fingerprint density at radius 1 is 1.10 bits per heavy atom. The molecule has 1 aromatic rings. The number of ether oxygens (including phenoxy) is 2. The summed E-state index contributed by atoms with van der Waals surface area (Å²) in [5, 5.41) is 3.64. The van der Waals surface area contributed by atoms with Crippen LogP contribution in [0.25, 0.3) is 0 Å². The van der Waals surface area contributed by atoms with Gasteiger partial charge in [-0.15, -0.1) is 0 Å². The van der Waals surface area contributed by atoms with Crippen LogP contribution in [0.5, 0.6) is 11.5 Å². The quantitative estimate of drug-likeness (QED) is 0.678. The van der Waals surface area contributed by atoms with Crippen molar-refractivity contribution in [3.05, 3.63) is 22.2 Å². The van der Waals surface area contributed by atoms with Gasteiger partial charge < -0.3 is 14.8 Å². The van der Waals surface area contributed by atoms with Crippen LogP contribution in [0.1, 0.15) is 51.6 Å². The van der Waals surface area contributed by atoms with E-state index in [2.05, 4.69) is 48.1 Å². The molecule has 1 unspecified atom stereocenters. The molecule has 0 saturated carbocycles. The first-order valence-corrected chi connectivity index (χ1v) is 8.47. The van der Waals surface area contributed by atoms with Crippen LogP contribution >= 0.6 is 15.9 Å². The van der Waals surface area contributed by atoms with Crippen molar-refractivity contribution in [2.24, 2.45) is 5.92 Å². The van der Waals surface area contributed by atoms with E-state index >= 15 is 0 Å². The maximum absolute atomic E-state index is 5.44. The minimum Gasteiger partial charge on any atom is -0.493 e. The Morgan fingerprint density at radius 3 is 2.24 bits per heavy atom. The zero-order valence-electron chi connectivity index (χ0n) is 13.8. The highest BCUT2D eigenvalue weighted by atomic mass is 79.9. The molecule has 0 radical (unpaired) electrons. The van der Waals surface area contributed by atoms with Gasteiger partial charge in [0.05, 0.1) is 14.2 Å². The average molecular weight is 358 g/mol. The van der Waals surface area contributed by atoms with E-state index in [4.69, 9.17) is 9.47 Å². The number of halogens is 1. The highest BCUT2D eigenvalue weighted by molar-refractivity contribution is 9.10. The summed E-state index contributed by atoms with van der Waals surface area (Å²) in [5.74, 6) is 2.24. The Balaban J connectivity index is 3.04. The van der Waals surface area contributed by atoms with Gasteiger partial charge in [-0.05, 0) is 49.4 Å². The lowest BCUT2D eigenvalue weighted by atomic mass is 9.97. The van der Waals surface area contributed by atoms with Gasteiger partial charge in [0.1, 0.15) is 0 Å². The van der Waals surface area contributed by atoms with Gasteiger partial charge in [0.25, 0.3) is 0 Å². The van der Waals surface area contributed by atoms with E-state index in [1.165, 1.54) is 12.0 Å². The molecule has 3 nitrogen and oxygen atoms in total. The molecule has 21 heavy (non-hydrogen) atoms. The molecule has 1 aromatic carbocycles. The van der Waals surface area contributed by atoms with Gasteiger partial charge in [0, 0.05) is 10.5 Å². The molecule has 0 aliphatic rings. The van der Waals surface area contributed by atoms with E-state index in [-0.39, 0.29) is 0 Å². The minimum absolute atomic E-state index is 0.335. The standard InChI is InChI=1S/C17H28BrNO2/c1-6-9-19-15(8-7-12(2)3)13-10-16(20-4)17(21-5)11-14(13)18/h10-12,15,19H,6-9H2,1-5H3. The Morgan fingerprint density at radius 2 is 1.71 bits per heavy atom. The van der Waals surface area contributed by atoms with Crippen molar-refractivity contribution in [2.45, 2.75) is 46.1 Å².